The standard InChI is InChI=1S/C13H21N3O4S2/c14-13(18)10-7-12(21-9-10)22(19,20)15-4-2-6-16-5-1-3-11(17)8-16/h7,9,11,15,17H,1-6,8H2,(H2,14,18). The molecule has 4 N–H and O–H groups in total. The predicted molar refractivity (Wildman–Crippen MR) is 84.3 cm³/mol. The van der Waals surface area contributed by atoms with E-state index in [1.807, 2.05) is 0 Å². The predicted octanol–water partition coefficient (Wildman–Crippen LogP) is -0.0279. The van der Waals surface area contributed by atoms with Crippen LogP contribution in [0.3, 0.4) is 0 Å². The number of nitrogens with zero attached hydrogens (tertiary/aromatic N) is 1. The number of likely N-dealkylation sites (tertiary alicyclic amines) is 1. The van der Waals surface area contributed by atoms with Crippen LogP contribution >= 0.6 is 11.3 Å². The molecular weight excluding hydrogens is 326 g/mol. The molecule has 0 aromatic carbocycles. The molecule has 1 fully saturated rings. The number of piperidine rings is 1. The Bertz CT molecular complexity index is 615. The first-order valence-electron chi connectivity index (χ1n) is 7.17. The number of primary amides is 1. The van der Waals surface area contributed by atoms with Gasteiger partial charge in [0.05, 0.1) is 11.7 Å². The van der Waals surface area contributed by atoms with Crippen LogP contribution < -0.4 is 10.5 Å². The third-order valence-corrected chi connectivity index (χ3v) is 6.45. The Morgan fingerprint density at radius 1 is 1.55 bits per heavy atom. The van der Waals surface area contributed by atoms with E-state index >= 15 is 0 Å². The molecule has 1 aliphatic rings. The molecule has 1 atom stereocenters. The van der Waals surface area contributed by atoms with E-state index in [9.17, 15) is 18.3 Å². The Kier molecular flexibility index (Phi) is 5.93. The van der Waals surface area contributed by atoms with Crippen molar-refractivity contribution in [1.29, 1.82) is 0 Å². The Morgan fingerprint density at radius 2 is 2.32 bits per heavy atom. The summed E-state index contributed by atoms with van der Waals surface area (Å²) in [6.07, 6.45) is 2.20. The van der Waals surface area contributed by atoms with Crippen molar-refractivity contribution in [3.8, 4) is 0 Å². The second-order valence-electron chi connectivity index (χ2n) is 5.37. The van der Waals surface area contributed by atoms with Gasteiger partial charge >= 0.3 is 0 Å². The van der Waals surface area contributed by atoms with Gasteiger partial charge in [0.15, 0.2) is 0 Å². The lowest BCUT2D eigenvalue weighted by Crippen LogP contribution is -2.39. The summed E-state index contributed by atoms with van der Waals surface area (Å²) in [5.74, 6) is -0.638. The number of carbonyl (C=O) groups is 1. The highest BCUT2D eigenvalue weighted by Crippen LogP contribution is 2.19. The molecule has 1 aromatic heterocycles. The molecule has 0 saturated carbocycles. The third-order valence-electron chi connectivity index (χ3n) is 3.55. The Labute approximate surface area is 134 Å². The lowest BCUT2D eigenvalue weighted by Gasteiger charge is -2.29. The number of aliphatic hydroxyl groups excluding tert-OH is 1. The molecule has 1 saturated heterocycles. The van der Waals surface area contributed by atoms with E-state index in [-0.39, 0.29) is 15.9 Å². The molecule has 2 heterocycles. The van der Waals surface area contributed by atoms with Crippen LogP contribution in [0, 0.1) is 0 Å². The first-order valence-corrected chi connectivity index (χ1v) is 9.53. The normalized spacial score (nSPS) is 20.1. The van der Waals surface area contributed by atoms with Gasteiger partial charge in [0, 0.05) is 18.5 Å². The zero-order valence-corrected chi connectivity index (χ0v) is 13.8. The average molecular weight is 347 g/mol. The first kappa shape index (κ1) is 17.4. The highest BCUT2D eigenvalue weighted by atomic mass is 32.2. The number of sulfonamides is 1. The average Bonchev–Trinajstić information content (AvgIpc) is 2.94. The van der Waals surface area contributed by atoms with Crippen LogP contribution in [-0.4, -0.2) is 56.6 Å². The molecule has 0 aliphatic carbocycles. The van der Waals surface area contributed by atoms with Crippen molar-refractivity contribution in [3.63, 3.8) is 0 Å². The number of hydrogen-bond donors (Lipinski definition) is 3. The van der Waals surface area contributed by atoms with Gasteiger partial charge in [-0.3, -0.25) is 4.79 Å². The summed E-state index contributed by atoms with van der Waals surface area (Å²) < 4.78 is 26.7. The molecule has 1 aromatic rings. The van der Waals surface area contributed by atoms with Crippen molar-refractivity contribution < 1.29 is 18.3 Å². The molecular formula is C13H21N3O4S2. The van der Waals surface area contributed by atoms with Gasteiger partial charge in [0.1, 0.15) is 4.21 Å². The van der Waals surface area contributed by atoms with Crippen molar-refractivity contribution in [1.82, 2.24) is 9.62 Å². The van der Waals surface area contributed by atoms with Crippen LogP contribution in [0.2, 0.25) is 0 Å². The fraction of sp³-hybridized carbons (Fsp3) is 0.615. The van der Waals surface area contributed by atoms with Gasteiger partial charge in [-0.15, -0.1) is 11.3 Å². The van der Waals surface area contributed by atoms with Gasteiger partial charge in [0.25, 0.3) is 0 Å². The second-order valence-corrected chi connectivity index (χ2v) is 8.27. The molecule has 0 bridgehead atoms. The summed E-state index contributed by atoms with van der Waals surface area (Å²) in [5.41, 5.74) is 5.31. The summed E-state index contributed by atoms with van der Waals surface area (Å²) >= 11 is 0.976. The molecule has 1 unspecified atom stereocenters. The van der Waals surface area contributed by atoms with Gasteiger partial charge in [0.2, 0.25) is 15.9 Å². The summed E-state index contributed by atoms with van der Waals surface area (Å²) in [4.78, 5) is 13.1. The number of thiophene rings is 1. The molecule has 0 spiro atoms. The van der Waals surface area contributed by atoms with Crippen molar-refractivity contribution in [2.45, 2.75) is 29.6 Å². The minimum absolute atomic E-state index is 0.0923. The Morgan fingerprint density at radius 3 is 2.95 bits per heavy atom. The zero-order valence-electron chi connectivity index (χ0n) is 12.2. The quantitative estimate of drug-likeness (QED) is 0.600. The highest BCUT2D eigenvalue weighted by molar-refractivity contribution is 7.91. The fourth-order valence-electron chi connectivity index (χ4n) is 2.40. The monoisotopic (exact) mass is 347 g/mol. The molecule has 1 aliphatic heterocycles. The molecule has 22 heavy (non-hydrogen) atoms. The zero-order chi connectivity index (χ0) is 16.2. The van der Waals surface area contributed by atoms with Crippen LogP contribution in [0.25, 0.3) is 0 Å². The van der Waals surface area contributed by atoms with Crippen LogP contribution in [0.5, 0.6) is 0 Å². The van der Waals surface area contributed by atoms with Crippen LogP contribution in [0.1, 0.15) is 29.6 Å². The maximum atomic E-state index is 12.1. The van der Waals surface area contributed by atoms with E-state index in [0.717, 1.165) is 37.3 Å². The van der Waals surface area contributed by atoms with E-state index in [0.29, 0.717) is 19.5 Å². The maximum Gasteiger partial charge on any atom is 0.250 e. The van der Waals surface area contributed by atoms with E-state index in [2.05, 4.69) is 9.62 Å². The highest BCUT2D eigenvalue weighted by Gasteiger charge is 2.19. The van der Waals surface area contributed by atoms with E-state index < -0.39 is 15.9 Å². The number of nitrogens with two attached hydrogens (primary N) is 1. The van der Waals surface area contributed by atoms with E-state index in [4.69, 9.17) is 5.73 Å². The number of carbonyl (C=O) groups excluding carboxylic acids is 1. The number of nitrogens with one attached hydrogen (secondary N) is 1. The van der Waals surface area contributed by atoms with Gasteiger partial charge < -0.3 is 15.7 Å². The minimum Gasteiger partial charge on any atom is -0.392 e. The lowest BCUT2D eigenvalue weighted by molar-refractivity contribution is 0.0704. The number of aliphatic hydroxyl groups is 1. The maximum absolute atomic E-state index is 12.1. The molecule has 124 valence electrons. The molecule has 1 amide bonds. The molecule has 0 radical (unpaired) electrons. The summed E-state index contributed by atoms with van der Waals surface area (Å²) in [6.45, 7) is 2.66. The SMILES string of the molecule is NC(=O)c1csc(S(=O)(=O)NCCCN2CCCC(O)C2)c1. The second kappa shape index (κ2) is 7.51. The first-order chi connectivity index (χ1) is 10.4. The minimum atomic E-state index is -3.59. The van der Waals surface area contributed by atoms with Gasteiger partial charge in [-0.1, -0.05) is 0 Å². The summed E-state index contributed by atoms with van der Waals surface area (Å²) in [6, 6.07) is 1.29. The number of amides is 1. The molecule has 7 nitrogen and oxygen atoms in total. The van der Waals surface area contributed by atoms with Crippen LogP contribution in [0.4, 0.5) is 0 Å². The number of hydrogen-bond acceptors (Lipinski definition) is 6. The van der Waals surface area contributed by atoms with Crippen molar-refractivity contribution in [2.24, 2.45) is 5.73 Å². The smallest absolute Gasteiger partial charge is 0.250 e. The van der Waals surface area contributed by atoms with Gasteiger partial charge in [-0.25, -0.2) is 13.1 Å². The Balaban J connectivity index is 1.78. The lowest BCUT2D eigenvalue weighted by atomic mass is 10.1. The van der Waals surface area contributed by atoms with Crippen molar-refractivity contribution >= 4 is 27.3 Å². The largest absolute Gasteiger partial charge is 0.392 e. The number of rotatable bonds is 7. The van der Waals surface area contributed by atoms with E-state index in [1.165, 1.54) is 11.4 Å². The van der Waals surface area contributed by atoms with Crippen LogP contribution in [0.15, 0.2) is 15.7 Å². The van der Waals surface area contributed by atoms with Crippen molar-refractivity contribution in [2.75, 3.05) is 26.2 Å². The van der Waals surface area contributed by atoms with Gasteiger partial charge in [-0.2, -0.15) is 0 Å². The van der Waals surface area contributed by atoms with Gasteiger partial charge in [-0.05, 0) is 38.4 Å². The van der Waals surface area contributed by atoms with Crippen molar-refractivity contribution in [3.05, 3.63) is 17.0 Å². The molecule has 2 rings (SSSR count). The summed E-state index contributed by atoms with van der Waals surface area (Å²) in [5, 5.41) is 11.0. The topological polar surface area (TPSA) is 113 Å². The number of β-amino-alcohol motifs (C(OH)–C–C–N with tert-alkyl or cyclic N) is 1. The third kappa shape index (κ3) is 4.75. The van der Waals surface area contributed by atoms with Crippen LogP contribution in [-0.2, 0) is 10.0 Å². The summed E-state index contributed by atoms with van der Waals surface area (Å²) in [7, 11) is -3.59. The Hall–Kier alpha value is -1.00. The van der Waals surface area contributed by atoms with E-state index in [1.54, 1.807) is 0 Å². The fourth-order valence-corrected chi connectivity index (χ4v) is 4.69. The molecule has 9 heteroatoms.